The van der Waals surface area contributed by atoms with Crippen LogP contribution in [0.4, 0.5) is 10.1 Å². The van der Waals surface area contributed by atoms with Gasteiger partial charge in [-0.3, -0.25) is 9.78 Å². The van der Waals surface area contributed by atoms with Gasteiger partial charge in [0.05, 0.1) is 35.5 Å². The zero-order chi connectivity index (χ0) is 22.9. The molecule has 1 aliphatic carbocycles. The first kappa shape index (κ1) is 21.6. The van der Waals surface area contributed by atoms with Gasteiger partial charge >= 0.3 is 0 Å². The number of piperidine rings is 1. The van der Waals surface area contributed by atoms with Crippen LogP contribution in [0, 0.1) is 18.7 Å². The van der Waals surface area contributed by atoms with Gasteiger partial charge in [0.1, 0.15) is 5.82 Å². The summed E-state index contributed by atoms with van der Waals surface area (Å²) in [6.07, 6.45) is 10.2. The number of carbonyl (C=O) groups excluding carboxylic acids is 1. The molecule has 1 saturated carbocycles. The van der Waals surface area contributed by atoms with Crippen molar-refractivity contribution < 1.29 is 9.18 Å². The number of anilines is 1. The molecule has 8 heteroatoms. The van der Waals surface area contributed by atoms with E-state index < -0.39 is 5.82 Å². The zero-order valence-corrected chi connectivity index (χ0v) is 18.9. The summed E-state index contributed by atoms with van der Waals surface area (Å²) in [5, 5.41) is 14.4. The van der Waals surface area contributed by atoms with E-state index in [1.807, 2.05) is 25.4 Å². The van der Waals surface area contributed by atoms with Crippen molar-refractivity contribution in [1.29, 1.82) is 0 Å². The Kier molecular flexibility index (Phi) is 5.85. The second kappa shape index (κ2) is 8.94. The topological polar surface area (TPSA) is 83.9 Å². The summed E-state index contributed by atoms with van der Waals surface area (Å²) in [4.78, 5) is 16.9. The van der Waals surface area contributed by atoms with E-state index in [2.05, 4.69) is 33.0 Å². The minimum atomic E-state index is -0.503. The number of halogens is 1. The van der Waals surface area contributed by atoms with Crippen LogP contribution < -0.4 is 16.0 Å². The van der Waals surface area contributed by atoms with Gasteiger partial charge in [-0.15, -0.1) is 0 Å². The van der Waals surface area contributed by atoms with Gasteiger partial charge in [0.2, 0.25) is 0 Å². The standard InChI is InChI=1S/C25H29FN6O/c1-15-7-23(26)22(25(33)31-18-3-4-18)9-21(15)17-11-29-32(14-17)20-8-19(12-28-13-20)30-24-5-6-27-10-16(24)2/h7-9,11-14,16,18,24,27,30H,3-6,10H2,1-2H3,(H,31,33)/t16-,24+/m0/s1. The van der Waals surface area contributed by atoms with Crippen LogP contribution in [0.2, 0.25) is 0 Å². The number of nitrogens with zero attached hydrogens (tertiary/aromatic N) is 3. The number of carbonyl (C=O) groups is 1. The minimum absolute atomic E-state index is 0.0687. The molecule has 0 radical (unpaired) electrons. The predicted molar refractivity (Wildman–Crippen MR) is 126 cm³/mol. The highest BCUT2D eigenvalue weighted by atomic mass is 19.1. The molecule has 172 valence electrons. The summed E-state index contributed by atoms with van der Waals surface area (Å²) in [5.41, 5.74) is 4.22. The summed E-state index contributed by atoms with van der Waals surface area (Å²) >= 11 is 0. The van der Waals surface area contributed by atoms with E-state index in [-0.39, 0.29) is 17.5 Å². The van der Waals surface area contributed by atoms with Crippen molar-refractivity contribution >= 4 is 11.6 Å². The Labute approximate surface area is 192 Å². The number of rotatable bonds is 6. The zero-order valence-electron chi connectivity index (χ0n) is 18.9. The Morgan fingerprint density at radius 2 is 2.03 bits per heavy atom. The van der Waals surface area contributed by atoms with Crippen molar-refractivity contribution in [2.45, 2.75) is 45.2 Å². The molecule has 1 saturated heterocycles. The molecule has 5 rings (SSSR count). The number of amides is 1. The first-order valence-electron chi connectivity index (χ1n) is 11.6. The lowest BCUT2D eigenvalue weighted by Gasteiger charge is -2.31. The van der Waals surface area contributed by atoms with Crippen LogP contribution in [0.15, 0.2) is 43.0 Å². The summed E-state index contributed by atoms with van der Waals surface area (Å²) in [7, 11) is 0. The van der Waals surface area contributed by atoms with E-state index >= 15 is 0 Å². The molecule has 1 amide bonds. The summed E-state index contributed by atoms with van der Waals surface area (Å²) in [5.74, 6) is -0.331. The fraction of sp³-hybridized carbons (Fsp3) is 0.400. The molecule has 0 unspecified atom stereocenters. The van der Waals surface area contributed by atoms with Crippen LogP contribution in [0.1, 0.15) is 42.1 Å². The van der Waals surface area contributed by atoms with Crippen molar-refractivity contribution in [2.75, 3.05) is 18.4 Å². The van der Waals surface area contributed by atoms with Crippen molar-refractivity contribution in [3.05, 3.63) is 59.9 Å². The molecule has 2 aliphatic rings. The summed E-state index contributed by atoms with van der Waals surface area (Å²) in [6, 6.07) is 5.65. The quantitative estimate of drug-likeness (QED) is 0.536. The lowest BCUT2D eigenvalue weighted by Crippen LogP contribution is -2.42. The molecule has 3 aromatic rings. The molecule has 2 fully saturated rings. The van der Waals surface area contributed by atoms with Crippen molar-refractivity contribution in [3.63, 3.8) is 0 Å². The van der Waals surface area contributed by atoms with Crippen LogP contribution >= 0.6 is 0 Å². The average molecular weight is 449 g/mol. The Balaban J connectivity index is 1.39. The lowest BCUT2D eigenvalue weighted by molar-refractivity contribution is 0.0947. The minimum Gasteiger partial charge on any atom is -0.381 e. The Hall–Kier alpha value is -3.26. The van der Waals surface area contributed by atoms with Crippen LogP contribution in [-0.4, -0.2) is 45.8 Å². The van der Waals surface area contributed by atoms with E-state index in [0.717, 1.165) is 60.4 Å². The number of pyridine rings is 1. The highest BCUT2D eigenvalue weighted by molar-refractivity contribution is 5.96. The molecule has 0 bridgehead atoms. The first-order chi connectivity index (χ1) is 16.0. The molecule has 1 aliphatic heterocycles. The maximum atomic E-state index is 14.5. The molecule has 3 N–H and O–H groups in total. The third-order valence-corrected chi connectivity index (χ3v) is 6.49. The van der Waals surface area contributed by atoms with Crippen LogP contribution in [-0.2, 0) is 0 Å². The number of aromatic nitrogens is 3. The van der Waals surface area contributed by atoms with Crippen molar-refractivity contribution in [1.82, 2.24) is 25.4 Å². The Morgan fingerprint density at radius 3 is 2.82 bits per heavy atom. The molecular weight excluding hydrogens is 419 g/mol. The van der Waals surface area contributed by atoms with Gasteiger partial charge in [0, 0.05) is 23.8 Å². The molecule has 33 heavy (non-hydrogen) atoms. The third kappa shape index (κ3) is 4.75. The van der Waals surface area contributed by atoms with E-state index in [1.165, 1.54) is 6.07 Å². The molecule has 1 aromatic carbocycles. The van der Waals surface area contributed by atoms with Crippen LogP contribution in [0.25, 0.3) is 16.8 Å². The van der Waals surface area contributed by atoms with Gasteiger partial charge in [-0.2, -0.15) is 5.10 Å². The number of nitrogens with one attached hydrogen (secondary N) is 3. The monoisotopic (exact) mass is 448 g/mol. The second-order valence-electron chi connectivity index (χ2n) is 9.22. The van der Waals surface area contributed by atoms with Crippen LogP contribution in [0.3, 0.4) is 0 Å². The number of hydrogen-bond acceptors (Lipinski definition) is 5. The normalized spacial score (nSPS) is 20.5. The molecular formula is C25H29FN6O. The van der Waals surface area contributed by atoms with E-state index in [4.69, 9.17) is 0 Å². The van der Waals surface area contributed by atoms with E-state index in [1.54, 1.807) is 23.1 Å². The van der Waals surface area contributed by atoms with E-state index in [9.17, 15) is 9.18 Å². The largest absolute Gasteiger partial charge is 0.381 e. The maximum Gasteiger partial charge on any atom is 0.254 e. The van der Waals surface area contributed by atoms with Crippen LogP contribution in [0.5, 0.6) is 0 Å². The summed E-state index contributed by atoms with van der Waals surface area (Å²) < 4.78 is 16.3. The third-order valence-electron chi connectivity index (χ3n) is 6.49. The fourth-order valence-corrected chi connectivity index (χ4v) is 4.33. The van der Waals surface area contributed by atoms with Gasteiger partial charge in [0.15, 0.2) is 0 Å². The molecule has 7 nitrogen and oxygen atoms in total. The van der Waals surface area contributed by atoms with Gasteiger partial charge in [-0.1, -0.05) is 6.92 Å². The number of hydrogen-bond donors (Lipinski definition) is 3. The van der Waals surface area contributed by atoms with Gasteiger partial charge in [-0.25, -0.2) is 9.07 Å². The van der Waals surface area contributed by atoms with Crippen molar-refractivity contribution in [2.24, 2.45) is 5.92 Å². The molecule has 0 spiro atoms. The van der Waals surface area contributed by atoms with Crippen molar-refractivity contribution in [3.8, 4) is 16.8 Å². The highest BCUT2D eigenvalue weighted by Crippen LogP contribution is 2.28. The fourth-order valence-electron chi connectivity index (χ4n) is 4.33. The second-order valence-corrected chi connectivity index (χ2v) is 9.22. The lowest BCUT2D eigenvalue weighted by atomic mass is 9.95. The SMILES string of the molecule is Cc1cc(F)c(C(=O)NC2CC2)cc1-c1cnn(-c2cncc(N[C@@H]3CCNC[C@@H]3C)c2)c1. The smallest absolute Gasteiger partial charge is 0.254 e. The summed E-state index contributed by atoms with van der Waals surface area (Å²) in [6.45, 7) is 6.09. The van der Waals surface area contributed by atoms with E-state index in [0.29, 0.717) is 12.0 Å². The Morgan fingerprint density at radius 1 is 1.18 bits per heavy atom. The molecule has 2 aromatic heterocycles. The predicted octanol–water partition coefficient (Wildman–Crippen LogP) is 3.68. The van der Waals surface area contributed by atoms with Gasteiger partial charge in [0.25, 0.3) is 5.91 Å². The molecule has 3 heterocycles. The molecule has 2 atom stereocenters. The average Bonchev–Trinajstić information content (AvgIpc) is 3.47. The highest BCUT2D eigenvalue weighted by Gasteiger charge is 2.26. The first-order valence-corrected chi connectivity index (χ1v) is 11.6. The number of benzene rings is 1. The van der Waals surface area contributed by atoms with Gasteiger partial charge < -0.3 is 16.0 Å². The maximum absolute atomic E-state index is 14.5. The number of aryl methyl sites for hydroxylation is 1. The van der Waals surface area contributed by atoms with Gasteiger partial charge in [-0.05, 0) is 74.5 Å². The Bertz CT molecular complexity index is 1170.